The van der Waals surface area contributed by atoms with Gasteiger partial charge in [-0.2, -0.15) is 0 Å². The summed E-state index contributed by atoms with van der Waals surface area (Å²) >= 11 is 0. The third-order valence-corrected chi connectivity index (χ3v) is 5.18. The van der Waals surface area contributed by atoms with E-state index in [-0.39, 0.29) is 0 Å². The van der Waals surface area contributed by atoms with E-state index in [4.69, 9.17) is 0 Å². The van der Waals surface area contributed by atoms with Crippen molar-refractivity contribution >= 4 is 0 Å². The molecule has 0 bridgehead atoms. The molecule has 1 atom stereocenters. The van der Waals surface area contributed by atoms with Crippen LogP contribution >= 0.6 is 0 Å². The second-order valence-electron chi connectivity index (χ2n) is 6.27. The lowest BCUT2D eigenvalue weighted by atomic mass is 9.79. The highest BCUT2D eigenvalue weighted by Gasteiger charge is 2.45. The number of nitrogens with zero attached hydrogens (tertiary/aromatic N) is 1. The van der Waals surface area contributed by atoms with Gasteiger partial charge in [0.1, 0.15) is 0 Å². The molecule has 1 aromatic rings. The van der Waals surface area contributed by atoms with Gasteiger partial charge in [-0.05, 0) is 31.2 Å². The summed E-state index contributed by atoms with van der Waals surface area (Å²) in [7, 11) is 0. The smallest absolute Gasteiger partial charge is 0.0587 e. The van der Waals surface area contributed by atoms with Crippen molar-refractivity contribution in [2.45, 2.75) is 63.1 Å². The number of likely N-dealkylation sites (tertiary alicyclic amines) is 1. The van der Waals surface area contributed by atoms with Gasteiger partial charge in [0.15, 0.2) is 0 Å². The van der Waals surface area contributed by atoms with E-state index in [1.807, 2.05) is 0 Å². The molecule has 3 rings (SSSR count). The molecule has 1 aliphatic heterocycles. The maximum absolute atomic E-state index is 9.69. The second kappa shape index (κ2) is 5.64. The van der Waals surface area contributed by atoms with Gasteiger partial charge in [-0.1, -0.05) is 49.6 Å². The average molecular weight is 259 g/mol. The highest BCUT2D eigenvalue weighted by molar-refractivity contribution is 5.16. The zero-order valence-electron chi connectivity index (χ0n) is 11.7. The number of rotatable bonds is 3. The Kier molecular flexibility index (Phi) is 3.90. The standard InChI is InChI=1S/C17H25NO/c19-14-16-9-12-17(10-5-2-6-11-17)18(16)13-15-7-3-1-4-8-15/h1,3-4,7-8,16,19H,2,5-6,9-14H2/t16-/m0/s1. The minimum atomic E-state index is 0.314. The van der Waals surface area contributed by atoms with Gasteiger partial charge in [-0.15, -0.1) is 0 Å². The van der Waals surface area contributed by atoms with Crippen LogP contribution in [-0.4, -0.2) is 28.2 Å². The minimum Gasteiger partial charge on any atom is -0.395 e. The van der Waals surface area contributed by atoms with Crippen LogP contribution in [0, 0.1) is 0 Å². The molecule has 1 heterocycles. The van der Waals surface area contributed by atoms with Crippen LogP contribution in [0.4, 0.5) is 0 Å². The first-order chi connectivity index (χ1) is 9.34. The van der Waals surface area contributed by atoms with Crippen LogP contribution in [0.25, 0.3) is 0 Å². The Morgan fingerprint density at radius 1 is 1.05 bits per heavy atom. The first-order valence-corrected chi connectivity index (χ1v) is 7.76. The maximum atomic E-state index is 9.69. The van der Waals surface area contributed by atoms with Crippen LogP contribution in [-0.2, 0) is 6.54 Å². The molecule has 0 amide bonds. The summed E-state index contributed by atoms with van der Waals surface area (Å²) in [6.45, 7) is 1.32. The largest absolute Gasteiger partial charge is 0.395 e. The number of hydrogen-bond donors (Lipinski definition) is 1. The fourth-order valence-electron chi connectivity index (χ4n) is 4.14. The van der Waals surface area contributed by atoms with E-state index in [1.54, 1.807) is 0 Å². The molecule has 1 saturated heterocycles. The quantitative estimate of drug-likeness (QED) is 0.900. The number of aliphatic hydroxyl groups is 1. The molecule has 1 spiro atoms. The molecule has 1 saturated carbocycles. The summed E-state index contributed by atoms with van der Waals surface area (Å²) in [6, 6.07) is 11.1. The molecular formula is C17H25NO. The molecule has 19 heavy (non-hydrogen) atoms. The van der Waals surface area contributed by atoms with Gasteiger partial charge in [-0.3, -0.25) is 4.90 Å². The molecule has 2 aliphatic rings. The number of hydrogen-bond acceptors (Lipinski definition) is 2. The Hall–Kier alpha value is -0.860. The van der Waals surface area contributed by atoms with Crippen molar-refractivity contribution in [3.8, 4) is 0 Å². The van der Waals surface area contributed by atoms with Gasteiger partial charge < -0.3 is 5.11 Å². The molecule has 104 valence electrons. The van der Waals surface area contributed by atoms with Gasteiger partial charge in [-0.25, -0.2) is 0 Å². The van der Waals surface area contributed by atoms with E-state index < -0.39 is 0 Å². The van der Waals surface area contributed by atoms with Crippen molar-refractivity contribution in [1.82, 2.24) is 4.90 Å². The topological polar surface area (TPSA) is 23.5 Å². The van der Waals surface area contributed by atoms with Crippen LogP contribution in [0.5, 0.6) is 0 Å². The predicted octanol–water partition coefficient (Wildman–Crippen LogP) is 3.35. The average Bonchev–Trinajstić information content (AvgIpc) is 2.79. The molecule has 1 aliphatic carbocycles. The van der Waals surface area contributed by atoms with E-state index in [9.17, 15) is 5.11 Å². The maximum Gasteiger partial charge on any atom is 0.0587 e. The summed E-state index contributed by atoms with van der Waals surface area (Å²) in [4.78, 5) is 2.63. The summed E-state index contributed by atoms with van der Waals surface area (Å²) in [6.07, 6.45) is 9.23. The van der Waals surface area contributed by atoms with Crippen LogP contribution in [0.15, 0.2) is 30.3 Å². The molecule has 2 heteroatoms. The SMILES string of the molecule is OC[C@@H]1CCC2(CCCCC2)N1Cc1ccccc1. The van der Waals surface area contributed by atoms with Crippen LogP contribution < -0.4 is 0 Å². The molecule has 2 nitrogen and oxygen atoms in total. The summed E-state index contributed by atoms with van der Waals surface area (Å²) < 4.78 is 0. The van der Waals surface area contributed by atoms with Crippen molar-refractivity contribution in [3.63, 3.8) is 0 Å². The fraction of sp³-hybridized carbons (Fsp3) is 0.647. The number of benzene rings is 1. The summed E-state index contributed by atoms with van der Waals surface area (Å²) in [5.74, 6) is 0. The fourth-order valence-corrected chi connectivity index (χ4v) is 4.14. The minimum absolute atomic E-state index is 0.314. The van der Waals surface area contributed by atoms with Crippen molar-refractivity contribution in [2.24, 2.45) is 0 Å². The zero-order chi connectivity index (χ0) is 13.1. The van der Waals surface area contributed by atoms with Crippen molar-refractivity contribution in [1.29, 1.82) is 0 Å². The first-order valence-electron chi connectivity index (χ1n) is 7.76. The van der Waals surface area contributed by atoms with E-state index >= 15 is 0 Å². The summed E-state index contributed by atoms with van der Waals surface area (Å²) in [5.41, 5.74) is 1.77. The van der Waals surface area contributed by atoms with Gasteiger partial charge in [0.25, 0.3) is 0 Å². The third kappa shape index (κ3) is 2.56. The second-order valence-corrected chi connectivity index (χ2v) is 6.27. The first kappa shape index (κ1) is 13.1. The van der Waals surface area contributed by atoms with Crippen LogP contribution in [0.2, 0.25) is 0 Å². The summed E-state index contributed by atoms with van der Waals surface area (Å²) in [5, 5.41) is 9.69. The molecule has 1 N–H and O–H groups in total. The van der Waals surface area contributed by atoms with E-state index in [0.29, 0.717) is 18.2 Å². The molecular weight excluding hydrogens is 234 g/mol. The van der Waals surface area contributed by atoms with E-state index in [1.165, 1.54) is 50.5 Å². The van der Waals surface area contributed by atoms with Crippen LogP contribution in [0.1, 0.15) is 50.5 Å². The number of aliphatic hydroxyl groups excluding tert-OH is 1. The van der Waals surface area contributed by atoms with Gasteiger partial charge in [0, 0.05) is 18.1 Å². The Morgan fingerprint density at radius 2 is 1.79 bits per heavy atom. The highest BCUT2D eigenvalue weighted by Crippen LogP contribution is 2.44. The van der Waals surface area contributed by atoms with Crippen molar-refractivity contribution in [3.05, 3.63) is 35.9 Å². The molecule has 1 aromatic carbocycles. The van der Waals surface area contributed by atoms with E-state index in [0.717, 1.165) is 6.54 Å². The predicted molar refractivity (Wildman–Crippen MR) is 77.9 cm³/mol. The normalized spacial score (nSPS) is 26.9. The molecule has 0 unspecified atom stereocenters. The molecule has 2 fully saturated rings. The third-order valence-electron chi connectivity index (χ3n) is 5.18. The van der Waals surface area contributed by atoms with Gasteiger partial charge >= 0.3 is 0 Å². The van der Waals surface area contributed by atoms with Crippen molar-refractivity contribution in [2.75, 3.05) is 6.61 Å². The highest BCUT2D eigenvalue weighted by atomic mass is 16.3. The Labute approximate surface area is 116 Å². The van der Waals surface area contributed by atoms with Gasteiger partial charge in [0.2, 0.25) is 0 Å². The molecule has 0 aromatic heterocycles. The Morgan fingerprint density at radius 3 is 2.47 bits per heavy atom. The molecule has 0 radical (unpaired) electrons. The lowest BCUT2D eigenvalue weighted by Gasteiger charge is -2.43. The lowest BCUT2D eigenvalue weighted by Crippen LogP contribution is -2.48. The monoisotopic (exact) mass is 259 g/mol. The van der Waals surface area contributed by atoms with Crippen LogP contribution in [0.3, 0.4) is 0 Å². The zero-order valence-corrected chi connectivity index (χ0v) is 11.7. The van der Waals surface area contributed by atoms with E-state index in [2.05, 4.69) is 35.2 Å². The Balaban J connectivity index is 1.81. The Bertz CT molecular complexity index is 397. The lowest BCUT2D eigenvalue weighted by molar-refractivity contribution is 0.0346. The van der Waals surface area contributed by atoms with Crippen molar-refractivity contribution < 1.29 is 5.11 Å². The van der Waals surface area contributed by atoms with Gasteiger partial charge in [0.05, 0.1) is 6.61 Å².